The van der Waals surface area contributed by atoms with Crippen molar-refractivity contribution in [2.75, 3.05) is 0 Å². The first-order valence-electron chi connectivity index (χ1n) is 5.25. The van der Waals surface area contributed by atoms with Gasteiger partial charge in [0.25, 0.3) is 0 Å². The van der Waals surface area contributed by atoms with Crippen LogP contribution >= 0.6 is 27.5 Å². The van der Waals surface area contributed by atoms with E-state index in [-0.39, 0.29) is 11.6 Å². The molecule has 0 heterocycles. The highest BCUT2D eigenvalue weighted by Crippen LogP contribution is 2.27. The van der Waals surface area contributed by atoms with Gasteiger partial charge in [0.1, 0.15) is 5.82 Å². The molecule has 0 bridgehead atoms. The van der Waals surface area contributed by atoms with Crippen LogP contribution in [0.2, 0.25) is 5.02 Å². The molecule has 0 aromatic heterocycles. The molecule has 0 aliphatic carbocycles. The number of carbonyl (C=O) groups is 1. The second-order valence-corrected chi connectivity index (χ2v) is 5.18. The second kappa shape index (κ2) is 5.21. The average molecular weight is 328 g/mol. The summed E-state index contributed by atoms with van der Waals surface area (Å²) in [5.74, 6) is -0.559. The number of ketones is 1. The fraction of sp³-hybridized carbons (Fsp3) is 0.0714. The summed E-state index contributed by atoms with van der Waals surface area (Å²) < 4.78 is 13.5. The third-order valence-corrected chi connectivity index (χ3v) is 3.66. The van der Waals surface area contributed by atoms with Gasteiger partial charge < -0.3 is 0 Å². The first-order chi connectivity index (χ1) is 8.49. The molecule has 0 aliphatic heterocycles. The van der Waals surface area contributed by atoms with Crippen LogP contribution in [0.25, 0.3) is 0 Å². The van der Waals surface area contributed by atoms with E-state index in [4.69, 9.17) is 11.6 Å². The Balaban J connectivity index is 2.46. The molecule has 2 aromatic rings. The number of hydrogen-bond acceptors (Lipinski definition) is 1. The number of hydrogen-bond donors (Lipinski definition) is 0. The summed E-state index contributed by atoms with van der Waals surface area (Å²) in [5, 5.41) is 0.531. The summed E-state index contributed by atoms with van der Waals surface area (Å²) in [6, 6.07) is 8.84. The maximum atomic E-state index is 12.8. The summed E-state index contributed by atoms with van der Waals surface area (Å²) in [6.07, 6.45) is 0. The highest BCUT2D eigenvalue weighted by atomic mass is 79.9. The molecule has 0 unspecified atom stereocenters. The van der Waals surface area contributed by atoms with Gasteiger partial charge in [0.15, 0.2) is 5.78 Å². The van der Waals surface area contributed by atoms with Crippen molar-refractivity contribution in [3.05, 3.63) is 68.4 Å². The van der Waals surface area contributed by atoms with Gasteiger partial charge in [0.05, 0.1) is 0 Å². The molecule has 0 amide bonds. The van der Waals surface area contributed by atoms with Gasteiger partial charge in [-0.05, 0) is 48.9 Å². The zero-order valence-corrected chi connectivity index (χ0v) is 11.8. The van der Waals surface area contributed by atoms with E-state index in [1.165, 1.54) is 24.3 Å². The summed E-state index contributed by atoms with van der Waals surface area (Å²) in [7, 11) is 0. The molecule has 0 radical (unpaired) electrons. The molecule has 1 nitrogen and oxygen atoms in total. The van der Waals surface area contributed by atoms with Crippen molar-refractivity contribution < 1.29 is 9.18 Å². The molecule has 2 aromatic carbocycles. The van der Waals surface area contributed by atoms with Crippen molar-refractivity contribution in [1.82, 2.24) is 0 Å². The van der Waals surface area contributed by atoms with Crippen molar-refractivity contribution in [3.8, 4) is 0 Å². The van der Waals surface area contributed by atoms with Crippen LogP contribution in [0.1, 0.15) is 21.5 Å². The Morgan fingerprint density at radius 2 is 1.83 bits per heavy atom. The average Bonchev–Trinajstić information content (AvgIpc) is 2.34. The SMILES string of the molecule is Cc1cc(Br)c(C(=O)c2ccc(F)cc2)cc1Cl. The molecule has 0 fully saturated rings. The highest BCUT2D eigenvalue weighted by Gasteiger charge is 2.14. The first kappa shape index (κ1) is 13.2. The van der Waals surface area contributed by atoms with Crippen LogP contribution in [0.15, 0.2) is 40.9 Å². The Morgan fingerprint density at radius 3 is 2.44 bits per heavy atom. The molecule has 0 atom stereocenters. The number of aryl methyl sites for hydroxylation is 1. The monoisotopic (exact) mass is 326 g/mol. The van der Waals surface area contributed by atoms with Crippen LogP contribution in [0.5, 0.6) is 0 Å². The third kappa shape index (κ3) is 2.62. The van der Waals surface area contributed by atoms with Crippen LogP contribution in [0.3, 0.4) is 0 Å². The molecule has 0 aliphatic rings. The van der Waals surface area contributed by atoms with E-state index in [0.717, 1.165) is 5.56 Å². The van der Waals surface area contributed by atoms with E-state index >= 15 is 0 Å². The van der Waals surface area contributed by atoms with Crippen molar-refractivity contribution in [3.63, 3.8) is 0 Å². The zero-order chi connectivity index (χ0) is 13.3. The number of carbonyl (C=O) groups excluding carboxylic acids is 1. The minimum absolute atomic E-state index is 0.191. The Labute approximate surface area is 118 Å². The fourth-order valence-electron chi connectivity index (χ4n) is 1.58. The van der Waals surface area contributed by atoms with E-state index in [9.17, 15) is 9.18 Å². The Morgan fingerprint density at radius 1 is 1.22 bits per heavy atom. The largest absolute Gasteiger partial charge is 0.289 e. The topological polar surface area (TPSA) is 17.1 Å². The summed E-state index contributed by atoms with van der Waals surface area (Å²) >= 11 is 9.35. The zero-order valence-electron chi connectivity index (χ0n) is 9.51. The molecule has 0 N–H and O–H groups in total. The third-order valence-electron chi connectivity index (χ3n) is 2.60. The molecule has 0 saturated heterocycles. The molecule has 18 heavy (non-hydrogen) atoms. The van der Waals surface area contributed by atoms with Gasteiger partial charge >= 0.3 is 0 Å². The Kier molecular flexibility index (Phi) is 3.83. The van der Waals surface area contributed by atoms with Crippen LogP contribution < -0.4 is 0 Å². The van der Waals surface area contributed by atoms with Gasteiger partial charge in [-0.2, -0.15) is 0 Å². The van der Waals surface area contributed by atoms with Gasteiger partial charge in [-0.1, -0.05) is 27.5 Å². The smallest absolute Gasteiger partial charge is 0.194 e. The van der Waals surface area contributed by atoms with Gasteiger partial charge in [0.2, 0.25) is 0 Å². The lowest BCUT2D eigenvalue weighted by Crippen LogP contribution is -2.03. The Hall–Kier alpha value is -1.19. The van der Waals surface area contributed by atoms with E-state index in [1.54, 1.807) is 12.1 Å². The molecule has 4 heteroatoms. The predicted molar refractivity (Wildman–Crippen MR) is 73.7 cm³/mol. The minimum atomic E-state index is -0.368. The first-order valence-corrected chi connectivity index (χ1v) is 6.42. The van der Waals surface area contributed by atoms with Crippen LogP contribution in [0.4, 0.5) is 4.39 Å². The number of rotatable bonds is 2. The van der Waals surface area contributed by atoms with Crippen molar-refractivity contribution in [1.29, 1.82) is 0 Å². The van der Waals surface area contributed by atoms with Crippen LogP contribution in [-0.4, -0.2) is 5.78 Å². The van der Waals surface area contributed by atoms with Gasteiger partial charge in [-0.3, -0.25) is 4.79 Å². The molecule has 92 valence electrons. The van der Waals surface area contributed by atoms with Crippen molar-refractivity contribution in [2.24, 2.45) is 0 Å². The maximum Gasteiger partial charge on any atom is 0.194 e. The van der Waals surface area contributed by atoms with Gasteiger partial charge in [-0.25, -0.2) is 4.39 Å². The lowest BCUT2D eigenvalue weighted by Gasteiger charge is -2.07. The minimum Gasteiger partial charge on any atom is -0.289 e. The summed E-state index contributed by atoms with van der Waals surface area (Å²) in [5.41, 5.74) is 1.79. The van der Waals surface area contributed by atoms with E-state index in [2.05, 4.69) is 15.9 Å². The summed E-state index contributed by atoms with van der Waals surface area (Å²) in [4.78, 5) is 12.2. The van der Waals surface area contributed by atoms with Crippen molar-refractivity contribution >= 4 is 33.3 Å². The number of halogens is 3. The van der Waals surface area contributed by atoms with Gasteiger partial charge in [0, 0.05) is 20.6 Å². The normalized spacial score (nSPS) is 10.4. The number of benzene rings is 2. The lowest BCUT2D eigenvalue weighted by molar-refractivity contribution is 0.103. The molecule has 2 rings (SSSR count). The second-order valence-electron chi connectivity index (χ2n) is 3.92. The summed E-state index contributed by atoms with van der Waals surface area (Å²) in [6.45, 7) is 1.86. The highest BCUT2D eigenvalue weighted by molar-refractivity contribution is 9.10. The van der Waals surface area contributed by atoms with Crippen LogP contribution in [0, 0.1) is 12.7 Å². The quantitative estimate of drug-likeness (QED) is 0.725. The van der Waals surface area contributed by atoms with Gasteiger partial charge in [-0.15, -0.1) is 0 Å². The standard InChI is InChI=1S/C14H9BrClFO/c1-8-6-12(15)11(7-13(8)16)14(18)9-2-4-10(17)5-3-9/h2-7H,1H3. The van der Waals surface area contributed by atoms with Crippen molar-refractivity contribution in [2.45, 2.75) is 6.92 Å². The van der Waals surface area contributed by atoms with E-state index in [1.807, 2.05) is 6.92 Å². The molecule has 0 spiro atoms. The predicted octanol–water partition coefficient (Wildman–Crippen LogP) is 4.78. The van der Waals surface area contributed by atoms with E-state index in [0.29, 0.717) is 20.6 Å². The van der Waals surface area contributed by atoms with E-state index < -0.39 is 0 Å². The molecule has 0 saturated carbocycles. The maximum absolute atomic E-state index is 12.8. The Bertz CT molecular complexity index is 608. The fourth-order valence-corrected chi connectivity index (χ4v) is 2.38. The molecular weight excluding hydrogens is 319 g/mol. The van der Waals surface area contributed by atoms with Crippen LogP contribution in [-0.2, 0) is 0 Å². The molecular formula is C14H9BrClFO. The lowest BCUT2D eigenvalue weighted by atomic mass is 10.0.